The van der Waals surface area contributed by atoms with Crippen molar-refractivity contribution in [2.45, 2.75) is 6.61 Å². The van der Waals surface area contributed by atoms with Crippen molar-refractivity contribution in [1.82, 2.24) is 0 Å². The molecule has 26 heavy (non-hydrogen) atoms. The minimum atomic E-state index is -0.374. The van der Waals surface area contributed by atoms with Gasteiger partial charge in [0.25, 0.3) is 5.91 Å². The molecule has 3 aromatic carbocycles. The van der Waals surface area contributed by atoms with Crippen LogP contribution >= 0.6 is 15.9 Å². The number of anilines is 1. The molecule has 0 heterocycles. The maximum absolute atomic E-state index is 12.8. The van der Waals surface area contributed by atoms with Crippen LogP contribution in [0.5, 0.6) is 0 Å². The zero-order chi connectivity index (χ0) is 18.5. The number of carbonyl (C=O) groups is 2. The smallest absolute Gasteiger partial charge is 0.256 e. The Morgan fingerprint density at radius 1 is 0.885 bits per heavy atom. The van der Waals surface area contributed by atoms with Gasteiger partial charge in [-0.25, -0.2) is 0 Å². The molecule has 2 N–H and O–H groups in total. The summed E-state index contributed by atoms with van der Waals surface area (Å²) in [6.07, 6.45) is 0. The Kier molecular flexibility index (Phi) is 5.61. The number of benzene rings is 3. The molecule has 0 aliphatic heterocycles. The minimum absolute atomic E-state index is 0.109. The summed E-state index contributed by atoms with van der Waals surface area (Å²) in [6.45, 7) is -0.109. The number of hydrogen-bond donors (Lipinski definition) is 2. The number of amides is 1. The molecule has 0 saturated carbocycles. The molecule has 3 aromatic rings. The number of carbonyl (C=O) groups excluding carboxylic acids is 2. The molecule has 1 amide bonds. The van der Waals surface area contributed by atoms with Crippen molar-refractivity contribution >= 4 is 33.3 Å². The van der Waals surface area contributed by atoms with Gasteiger partial charge in [-0.2, -0.15) is 0 Å². The summed E-state index contributed by atoms with van der Waals surface area (Å²) in [5.41, 5.74) is 2.41. The fourth-order valence-corrected chi connectivity index (χ4v) is 2.85. The van der Waals surface area contributed by atoms with Crippen molar-refractivity contribution in [2.24, 2.45) is 0 Å². The van der Waals surface area contributed by atoms with Gasteiger partial charge in [0.2, 0.25) is 0 Å². The van der Waals surface area contributed by atoms with Crippen LogP contribution in [0, 0.1) is 0 Å². The molecule has 0 atom stereocenters. The molecule has 130 valence electrons. The Balaban J connectivity index is 1.89. The first-order valence-corrected chi connectivity index (χ1v) is 8.78. The lowest BCUT2D eigenvalue weighted by Gasteiger charge is -2.10. The summed E-state index contributed by atoms with van der Waals surface area (Å²) < 4.78 is 0.879. The topological polar surface area (TPSA) is 66.4 Å². The summed E-state index contributed by atoms with van der Waals surface area (Å²) in [7, 11) is 0. The van der Waals surface area contributed by atoms with E-state index >= 15 is 0 Å². The highest BCUT2D eigenvalue weighted by Gasteiger charge is 2.18. The van der Waals surface area contributed by atoms with E-state index in [4.69, 9.17) is 0 Å². The summed E-state index contributed by atoms with van der Waals surface area (Å²) in [6, 6.07) is 20.7. The predicted octanol–water partition coefficient (Wildman–Crippen LogP) is 4.42. The lowest BCUT2D eigenvalue weighted by atomic mass is 9.98. The number of hydrogen-bond acceptors (Lipinski definition) is 3. The van der Waals surface area contributed by atoms with Gasteiger partial charge in [0.15, 0.2) is 5.78 Å². The molecule has 0 fully saturated rings. The molecule has 0 aliphatic rings. The number of nitrogens with one attached hydrogen (secondary N) is 1. The SMILES string of the molecule is O=C(Nc1cccc(CO)c1)c1ccccc1C(=O)c1ccc(Br)cc1. The average Bonchev–Trinajstić information content (AvgIpc) is 2.68. The van der Waals surface area contributed by atoms with Crippen LogP contribution in [-0.4, -0.2) is 16.8 Å². The van der Waals surface area contributed by atoms with Gasteiger partial charge >= 0.3 is 0 Å². The second-order valence-electron chi connectivity index (χ2n) is 5.69. The fraction of sp³-hybridized carbons (Fsp3) is 0.0476. The van der Waals surface area contributed by atoms with E-state index in [0.717, 1.165) is 4.47 Å². The van der Waals surface area contributed by atoms with Crippen LogP contribution in [0.15, 0.2) is 77.3 Å². The summed E-state index contributed by atoms with van der Waals surface area (Å²) in [5.74, 6) is -0.589. The molecule has 0 aromatic heterocycles. The van der Waals surface area contributed by atoms with Gasteiger partial charge in [-0.3, -0.25) is 9.59 Å². The van der Waals surface area contributed by atoms with Crippen LogP contribution in [0.4, 0.5) is 5.69 Å². The third-order valence-electron chi connectivity index (χ3n) is 3.89. The minimum Gasteiger partial charge on any atom is -0.392 e. The highest BCUT2D eigenvalue weighted by Crippen LogP contribution is 2.19. The van der Waals surface area contributed by atoms with Crippen LogP contribution in [0.2, 0.25) is 0 Å². The average molecular weight is 410 g/mol. The van der Waals surface area contributed by atoms with E-state index in [1.165, 1.54) is 0 Å². The molecular formula is C21H16BrNO3. The van der Waals surface area contributed by atoms with E-state index in [9.17, 15) is 14.7 Å². The van der Waals surface area contributed by atoms with Gasteiger partial charge in [0, 0.05) is 21.3 Å². The van der Waals surface area contributed by atoms with E-state index in [0.29, 0.717) is 27.9 Å². The maximum Gasteiger partial charge on any atom is 0.256 e. The molecule has 5 heteroatoms. The molecule has 4 nitrogen and oxygen atoms in total. The van der Waals surface area contributed by atoms with E-state index in [-0.39, 0.29) is 18.3 Å². The van der Waals surface area contributed by atoms with Crippen molar-refractivity contribution in [2.75, 3.05) is 5.32 Å². The first-order valence-electron chi connectivity index (χ1n) is 7.99. The highest BCUT2D eigenvalue weighted by atomic mass is 79.9. The largest absolute Gasteiger partial charge is 0.392 e. The quantitative estimate of drug-likeness (QED) is 0.612. The molecule has 3 rings (SSSR count). The number of rotatable bonds is 5. The number of ketones is 1. The van der Waals surface area contributed by atoms with Gasteiger partial charge in [0.1, 0.15) is 0 Å². The number of aliphatic hydroxyl groups is 1. The standard InChI is InChI=1S/C21H16BrNO3/c22-16-10-8-15(9-11-16)20(25)18-6-1-2-7-19(18)21(26)23-17-5-3-4-14(12-17)13-24/h1-12,24H,13H2,(H,23,26). The summed E-state index contributed by atoms with van der Waals surface area (Å²) in [4.78, 5) is 25.5. The summed E-state index contributed by atoms with van der Waals surface area (Å²) >= 11 is 3.34. The third kappa shape index (κ3) is 4.07. The monoisotopic (exact) mass is 409 g/mol. The van der Waals surface area contributed by atoms with Gasteiger partial charge in [0.05, 0.1) is 12.2 Å². The molecular weight excluding hydrogens is 394 g/mol. The highest BCUT2D eigenvalue weighted by molar-refractivity contribution is 9.10. The van der Waals surface area contributed by atoms with Crippen molar-refractivity contribution < 1.29 is 14.7 Å². The molecule has 0 spiro atoms. The Morgan fingerprint density at radius 2 is 1.58 bits per heavy atom. The Bertz CT molecular complexity index is 951. The molecule has 0 aliphatic carbocycles. The van der Waals surface area contributed by atoms with Gasteiger partial charge < -0.3 is 10.4 Å². The maximum atomic E-state index is 12.8. The lowest BCUT2D eigenvalue weighted by molar-refractivity contribution is 0.0996. The molecule has 0 bridgehead atoms. The van der Waals surface area contributed by atoms with Crippen LogP contribution in [0.1, 0.15) is 31.8 Å². The molecule has 0 unspecified atom stereocenters. The zero-order valence-corrected chi connectivity index (χ0v) is 15.4. The van der Waals surface area contributed by atoms with Crippen molar-refractivity contribution in [3.05, 3.63) is 99.5 Å². The number of halogens is 1. The van der Waals surface area contributed by atoms with Crippen LogP contribution in [0.25, 0.3) is 0 Å². The molecule has 0 saturated heterocycles. The van der Waals surface area contributed by atoms with Gasteiger partial charge in [-0.15, -0.1) is 0 Å². The Hall–Kier alpha value is -2.76. The van der Waals surface area contributed by atoms with Crippen molar-refractivity contribution in [1.29, 1.82) is 0 Å². The second kappa shape index (κ2) is 8.08. The lowest BCUT2D eigenvalue weighted by Crippen LogP contribution is -2.17. The second-order valence-corrected chi connectivity index (χ2v) is 6.61. The predicted molar refractivity (Wildman–Crippen MR) is 104 cm³/mol. The van der Waals surface area contributed by atoms with Gasteiger partial charge in [-0.05, 0) is 48.0 Å². The first-order chi connectivity index (χ1) is 12.6. The van der Waals surface area contributed by atoms with E-state index in [1.807, 2.05) is 0 Å². The first kappa shape index (κ1) is 18.0. The van der Waals surface area contributed by atoms with Crippen molar-refractivity contribution in [3.63, 3.8) is 0 Å². The molecule has 0 radical (unpaired) electrons. The number of aliphatic hydroxyl groups excluding tert-OH is 1. The fourth-order valence-electron chi connectivity index (χ4n) is 2.58. The van der Waals surface area contributed by atoms with E-state index in [2.05, 4.69) is 21.2 Å². The van der Waals surface area contributed by atoms with Crippen molar-refractivity contribution in [3.8, 4) is 0 Å². The summed E-state index contributed by atoms with van der Waals surface area (Å²) in [5, 5.41) is 12.0. The third-order valence-corrected chi connectivity index (χ3v) is 4.42. The van der Waals surface area contributed by atoms with Crippen LogP contribution in [-0.2, 0) is 6.61 Å². The Morgan fingerprint density at radius 3 is 2.27 bits per heavy atom. The zero-order valence-electron chi connectivity index (χ0n) is 13.8. The van der Waals surface area contributed by atoms with Gasteiger partial charge in [-0.1, -0.05) is 46.3 Å². The van der Waals surface area contributed by atoms with Crippen LogP contribution < -0.4 is 5.32 Å². The van der Waals surface area contributed by atoms with Crippen LogP contribution in [0.3, 0.4) is 0 Å². The van der Waals surface area contributed by atoms with E-state index < -0.39 is 0 Å². The van der Waals surface area contributed by atoms with E-state index in [1.54, 1.807) is 72.8 Å². The Labute approximate surface area is 159 Å². The normalized spacial score (nSPS) is 10.4.